The monoisotopic (exact) mass is 460 g/mol. The van der Waals surface area contributed by atoms with Gasteiger partial charge in [0, 0.05) is 24.2 Å². The smallest absolute Gasteiger partial charge is 0.259 e. The second-order valence-corrected chi connectivity index (χ2v) is 7.69. The standard InChI is InChI=1S/C25H24N4O5/c1-14-9-18-22(21(16-5-7-28-8-6-16)17(12-26)24(27)34-18)25(30)29(14)13-15-10-19(31-2)23(33-4)20(11-15)32-3/h5-11,21H,13,27H2,1-4H3/t21-/m1/s1. The molecular formula is C25H24N4O5. The lowest BCUT2D eigenvalue weighted by atomic mass is 9.84. The van der Waals surface area contributed by atoms with Crippen molar-refractivity contribution in [2.75, 3.05) is 21.3 Å². The van der Waals surface area contributed by atoms with Crippen molar-refractivity contribution in [1.29, 1.82) is 5.26 Å². The van der Waals surface area contributed by atoms with Crippen molar-refractivity contribution in [3.05, 3.63) is 86.9 Å². The number of benzene rings is 1. The fourth-order valence-electron chi connectivity index (χ4n) is 4.18. The second-order valence-electron chi connectivity index (χ2n) is 7.69. The van der Waals surface area contributed by atoms with Gasteiger partial charge in [0.2, 0.25) is 11.6 Å². The third kappa shape index (κ3) is 3.79. The van der Waals surface area contributed by atoms with Crippen LogP contribution in [-0.2, 0) is 6.54 Å². The lowest BCUT2D eigenvalue weighted by molar-refractivity contribution is 0.323. The summed E-state index contributed by atoms with van der Waals surface area (Å²) in [6.45, 7) is 2.04. The number of allylic oxidation sites excluding steroid dienone is 1. The summed E-state index contributed by atoms with van der Waals surface area (Å²) in [6, 6.07) is 11.0. The Bertz CT molecular complexity index is 1350. The summed E-state index contributed by atoms with van der Waals surface area (Å²) in [5, 5.41) is 9.80. The number of pyridine rings is 2. The molecule has 0 unspecified atom stereocenters. The molecule has 3 aromatic rings. The van der Waals surface area contributed by atoms with Crippen LogP contribution in [0, 0.1) is 18.3 Å². The molecule has 0 bridgehead atoms. The van der Waals surface area contributed by atoms with E-state index in [9.17, 15) is 10.1 Å². The number of methoxy groups -OCH3 is 3. The molecule has 0 amide bonds. The van der Waals surface area contributed by atoms with E-state index in [1.807, 2.05) is 6.92 Å². The number of aryl methyl sites for hydroxylation is 1. The van der Waals surface area contributed by atoms with Gasteiger partial charge in [0.15, 0.2) is 11.5 Å². The molecule has 0 saturated heterocycles. The number of hydrogen-bond donors (Lipinski definition) is 1. The van der Waals surface area contributed by atoms with E-state index in [-0.39, 0.29) is 23.6 Å². The number of nitrogens with zero attached hydrogens (tertiary/aromatic N) is 3. The van der Waals surface area contributed by atoms with E-state index in [1.54, 1.807) is 47.3 Å². The first-order valence-electron chi connectivity index (χ1n) is 10.4. The number of ether oxygens (including phenoxy) is 4. The number of rotatable bonds is 6. The molecule has 3 heterocycles. The van der Waals surface area contributed by atoms with Crippen LogP contribution in [0.5, 0.6) is 23.0 Å². The van der Waals surface area contributed by atoms with Gasteiger partial charge in [-0.05, 0) is 42.3 Å². The van der Waals surface area contributed by atoms with Gasteiger partial charge in [-0.3, -0.25) is 9.78 Å². The molecule has 0 spiro atoms. The van der Waals surface area contributed by atoms with Crippen molar-refractivity contribution in [2.24, 2.45) is 5.73 Å². The minimum absolute atomic E-state index is 0.0158. The molecule has 34 heavy (non-hydrogen) atoms. The Morgan fingerprint density at radius 1 is 1.12 bits per heavy atom. The van der Waals surface area contributed by atoms with Crippen molar-refractivity contribution in [1.82, 2.24) is 9.55 Å². The van der Waals surface area contributed by atoms with Gasteiger partial charge in [0.25, 0.3) is 5.56 Å². The van der Waals surface area contributed by atoms with E-state index in [0.29, 0.717) is 34.3 Å². The summed E-state index contributed by atoms with van der Waals surface area (Å²) in [4.78, 5) is 17.9. The zero-order valence-corrected chi connectivity index (χ0v) is 19.3. The highest BCUT2D eigenvalue weighted by Gasteiger charge is 2.34. The summed E-state index contributed by atoms with van der Waals surface area (Å²) >= 11 is 0. The largest absolute Gasteiger partial charge is 0.493 e. The van der Waals surface area contributed by atoms with E-state index in [0.717, 1.165) is 11.1 Å². The van der Waals surface area contributed by atoms with Gasteiger partial charge in [0.05, 0.1) is 39.4 Å². The van der Waals surface area contributed by atoms with E-state index < -0.39 is 5.92 Å². The first-order valence-corrected chi connectivity index (χ1v) is 10.4. The molecular weight excluding hydrogens is 436 g/mol. The van der Waals surface area contributed by atoms with Crippen LogP contribution in [0.4, 0.5) is 0 Å². The van der Waals surface area contributed by atoms with Gasteiger partial charge in [-0.1, -0.05) is 0 Å². The maximum absolute atomic E-state index is 13.8. The molecule has 1 aliphatic rings. The predicted molar refractivity (Wildman–Crippen MR) is 124 cm³/mol. The van der Waals surface area contributed by atoms with Gasteiger partial charge in [-0.25, -0.2) is 0 Å². The minimum atomic E-state index is -0.670. The summed E-state index contributed by atoms with van der Waals surface area (Å²) in [6.07, 6.45) is 3.22. The van der Waals surface area contributed by atoms with Crippen LogP contribution >= 0.6 is 0 Å². The van der Waals surface area contributed by atoms with Crippen molar-refractivity contribution >= 4 is 0 Å². The number of nitrogens with two attached hydrogens (primary N) is 1. The Morgan fingerprint density at radius 3 is 2.32 bits per heavy atom. The third-order valence-electron chi connectivity index (χ3n) is 5.79. The Kier molecular flexibility index (Phi) is 6.15. The molecule has 0 aliphatic carbocycles. The minimum Gasteiger partial charge on any atom is -0.493 e. The van der Waals surface area contributed by atoms with Crippen molar-refractivity contribution in [2.45, 2.75) is 19.4 Å². The maximum Gasteiger partial charge on any atom is 0.259 e. The zero-order chi connectivity index (χ0) is 24.4. The van der Waals surface area contributed by atoms with Gasteiger partial charge in [-0.15, -0.1) is 0 Å². The quantitative estimate of drug-likeness (QED) is 0.596. The molecule has 4 rings (SSSR count). The van der Waals surface area contributed by atoms with E-state index in [1.165, 1.54) is 21.3 Å². The van der Waals surface area contributed by atoms with Gasteiger partial charge in [-0.2, -0.15) is 5.26 Å². The normalized spacial score (nSPS) is 14.6. The maximum atomic E-state index is 13.8. The molecule has 2 aromatic heterocycles. The van der Waals surface area contributed by atoms with Crippen LogP contribution < -0.4 is 30.2 Å². The van der Waals surface area contributed by atoms with Gasteiger partial charge < -0.3 is 29.2 Å². The Morgan fingerprint density at radius 2 is 1.76 bits per heavy atom. The fourth-order valence-corrected chi connectivity index (χ4v) is 4.18. The average Bonchev–Trinajstić information content (AvgIpc) is 2.85. The molecule has 0 radical (unpaired) electrons. The number of aromatic nitrogens is 2. The first kappa shape index (κ1) is 22.7. The van der Waals surface area contributed by atoms with Crippen LogP contribution in [0.3, 0.4) is 0 Å². The highest BCUT2D eigenvalue weighted by molar-refractivity contribution is 5.56. The number of nitriles is 1. The first-order chi connectivity index (χ1) is 16.4. The third-order valence-corrected chi connectivity index (χ3v) is 5.79. The van der Waals surface area contributed by atoms with Crippen molar-refractivity contribution < 1.29 is 18.9 Å². The molecule has 2 N–H and O–H groups in total. The highest BCUT2D eigenvalue weighted by atomic mass is 16.5. The number of fused-ring (bicyclic) bond motifs is 1. The lowest BCUT2D eigenvalue weighted by Crippen LogP contribution is -2.33. The van der Waals surface area contributed by atoms with Crippen molar-refractivity contribution in [3.8, 4) is 29.1 Å². The van der Waals surface area contributed by atoms with Crippen LogP contribution in [0.1, 0.15) is 28.3 Å². The SMILES string of the molecule is COc1cc(Cn2c(C)cc3c(c2=O)[C@H](c2ccncc2)C(C#N)=C(N)O3)cc(OC)c1OC. The van der Waals surface area contributed by atoms with E-state index >= 15 is 0 Å². The summed E-state index contributed by atoms with van der Waals surface area (Å²) in [5.41, 5.74) is 8.45. The zero-order valence-electron chi connectivity index (χ0n) is 19.3. The molecule has 0 fully saturated rings. The summed E-state index contributed by atoms with van der Waals surface area (Å²) in [7, 11) is 4.60. The predicted octanol–water partition coefficient (Wildman–Crippen LogP) is 2.84. The Hall–Kier alpha value is -4.45. The average molecular weight is 460 g/mol. The molecule has 1 aliphatic heterocycles. The number of hydrogen-bond acceptors (Lipinski definition) is 8. The summed E-state index contributed by atoms with van der Waals surface area (Å²) in [5.74, 6) is 1.09. The van der Waals surface area contributed by atoms with Crippen LogP contribution in [0.2, 0.25) is 0 Å². The molecule has 174 valence electrons. The Balaban J connectivity index is 1.89. The highest BCUT2D eigenvalue weighted by Crippen LogP contribution is 2.41. The van der Waals surface area contributed by atoms with E-state index in [2.05, 4.69) is 11.1 Å². The van der Waals surface area contributed by atoms with Crippen LogP contribution in [0.25, 0.3) is 0 Å². The Labute approximate surface area is 196 Å². The molecule has 9 heteroatoms. The summed E-state index contributed by atoms with van der Waals surface area (Å²) < 4.78 is 23.6. The molecule has 0 saturated carbocycles. The molecule has 9 nitrogen and oxygen atoms in total. The topological polar surface area (TPSA) is 122 Å². The second kappa shape index (κ2) is 9.19. The van der Waals surface area contributed by atoms with Crippen molar-refractivity contribution in [3.63, 3.8) is 0 Å². The fraction of sp³-hybridized carbons (Fsp3) is 0.240. The van der Waals surface area contributed by atoms with Gasteiger partial charge in [0.1, 0.15) is 17.4 Å². The lowest BCUT2D eigenvalue weighted by Gasteiger charge is -2.27. The molecule has 1 aromatic carbocycles. The molecule has 1 atom stereocenters. The van der Waals surface area contributed by atoms with E-state index in [4.69, 9.17) is 24.7 Å². The van der Waals surface area contributed by atoms with Gasteiger partial charge >= 0.3 is 0 Å². The van der Waals surface area contributed by atoms with Crippen LogP contribution in [-0.4, -0.2) is 30.9 Å². The van der Waals surface area contributed by atoms with Crippen LogP contribution in [0.15, 0.2) is 59.0 Å².